The van der Waals surface area contributed by atoms with Gasteiger partial charge in [0.05, 0.1) is 18.3 Å². The van der Waals surface area contributed by atoms with Crippen LogP contribution in [0, 0.1) is 17.2 Å². The fourth-order valence-electron chi connectivity index (χ4n) is 3.35. The number of amides is 1. The largest absolute Gasteiger partial charge is 0.381 e. The topological polar surface area (TPSA) is 91.1 Å². The van der Waals surface area contributed by atoms with Crippen molar-refractivity contribution in [1.29, 1.82) is 5.26 Å². The number of aromatic nitrogens is 2. The highest BCUT2D eigenvalue weighted by molar-refractivity contribution is 5.81. The number of anilines is 1. The maximum absolute atomic E-state index is 12.7. The zero-order valence-electron chi connectivity index (χ0n) is 17.1. The molecule has 0 aromatic carbocycles. The number of nitriles is 1. The van der Waals surface area contributed by atoms with Crippen molar-refractivity contribution in [2.24, 2.45) is 5.92 Å². The van der Waals surface area contributed by atoms with Crippen LogP contribution in [-0.2, 0) is 21.6 Å². The van der Waals surface area contributed by atoms with Gasteiger partial charge in [0.2, 0.25) is 11.9 Å². The highest BCUT2D eigenvalue weighted by atomic mass is 16.5. The second-order valence-corrected chi connectivity index (χ2v) is 7.00. The molecule has 0 bridgehead atoms. The van der Waals surface area contributed by atoms with Crippen LogP contribution in [-0.4, -0.2) is 40.0 Å². The van der Waals surface area contributed by atoms with E-state index in [-0.39, 0.29) is 11.8 Å². The summed E-state index contributed by atoms with van der Waals surface area (Å²) in [5, 5.41) is 13.1. The molecule has 1 saturated heterocycles. The Morgan fingerprint density at radius 3 is 2.74 bits per heavy atom. The van der Waals surface area contributed by atoms with E-state index in [1.54, 1.807) is 18.0 Å². The fourth-order valence-corrected chi connectivity index (χ4v) is 3.35. The van der Waals surface area contributed by atoms with Crippen LogP contribution in [0.5, 0.6) is 0 Å². The molecule has 1 aromatic heterocycles. The summed E-state index contributed by atoms with van der Waals surface area (Å²) in [5.41, 5.74) is 0.474. The van der Waals surface area contributed by atoms with Crippen molar-refractivity contribution >= 4 is 11.9 Å². The number of fused-ring (bicyclic) bond motifs is 1. The monoisotopic (exact) mass is 373 g/mol. The maximum atomic E-state index is 12.7. The lowest BCUT2D eigenvalue weighted by atomic mass is 9.95. The van der Waals surface area contributed by atoms with E-state index in [4.69, 9.17) is 4.74 Å². The molecule has 2 aliphatic rings. The normalized spacial score (nSPS) is 22.9. The third-order valence-corrected chi connectivity index (χ3v) is 5.31. The molecule has 2 atom stereocenters. The first-order valence-electron chi connectivity index (χ1n) is 9.93. The van der Waals surface area contributed by atoms with Crippen LogP contribution in [0.3, 0.4) is 0 Å². The van der Waals surface area contributed by atoms with Crippen molar-refractivity contribution in [3.05, 3.63) is 17.5 Å². The predicted molar refractivity (Wildman–Crippen MR) is 104 cm³/mol. The van der Waals surface area contributed by atoms with Gasteiger partial charge >= 0.3 is 0 Å². The van der Waals surface area contributed by atoms with Crippen LogP contribution in [0.1, 0.15) is 65.1 Å². The molecule has 1 fully saturated rings. The lowest BCUT2D eigenvalue weighted by molar-refractivity contribution is -0.139. The van der Waals surface area contributed by atoms with E-state index in [2.05, 4.69) is 21.4 Å². The van der Waals surface area contributed by atoms with E-state index in [9.17, 15) is 10.1 Å². The molecule has 27 heavy (non-hydrogen) atoms. The predicted octanol–water partition coefficient (Wildman–Crippen LogP) is 3.22. The Labute approximate surface area is 162 Å². The number of hydrogen-bond donors (Lipinski definition) is 1. The summed E-state index contributed by atoms with van der Waals surface area (Å²) in [6.07, 6.45) is 4.29. The summed E-state index contributed by atoms with van der Waals surface area (Å²) in [6, 6.07) is 2.59. The summed E-state index contributed by atoms with van der Waals surface area (Å²) >= 11 is 0. The lowest BCUT2D eigenvalue weighted by Gasteiger charge is -2.31. The number of carbonyl (C=O) groups excluding carboxylic acids is 1. The number of ether oxygens (including phenoxy) is 1. The van der Waals surface area contributed by atoms with Gasteiger partial charge in [0.25, 0.3) is 0 Å². The molecular weight excluding hydrogens is 342 g/mol. The number of carbonyl (C=O) groups is 1. The van der Waals surface area contributed by atoms with E-state index in [1.165, 1.54) is 0 Å². The molecule has 1 N–H and O–H groups in total. The summed E-state index contributed by atoms with van der Waals surface area (Å²) in [5.74, 6) is 0.432. The molecule has 3 heterocycles. The molecule has 3 rings (SSSR count). The van der Waals surface area contributed by atoms with Crippen LogP contribution in [0.4, 0.5) is 5.95 Å². The minimum absolute atomic E-state index is 0.0107. The zero-order chi connectivity index (χ0) is 20.0. The maximum Gasteiger partial charge on any atom is 0.227 e. The van der Waals surface area contributed by atoms with E-state index in [1.807, 2.05) is 27.7 Å². The average molecular weight is 374 g/mol. The van der Waals surface area contributed by atoms with Gasteiger partial charge in [-0.05, 0) is 26.2 Å². The Morgan fingerprint density at radius 2 is 2.15 bits per heavy atom. The molecule has 0 aliphatic carbocycles. The smallest absolute Gasteiger partial charge is 0.227 e. The van der Waals surface area contributed by atoms with Gasteiger partial charge in [0, 0.05) is 36.9 Å². The fraction of sp³-hybridized carbons (Fsp3) is 0.700. The highest BCUT2D eigenvalue weighted by Crippen LogP contribution is 2.39. The summed E-state index contributed by atoms with van der Waals surface area (Å²) < 4.78 is 5.37. The van der Waals surface area contributed by atoms with Crippen molar-refractivity contribution < 1.29 is 9.53 Å². The first-order valence-corrected chi connectivity index (χ1v) is 9.93. The summed E-state index contributed by atoms with van der Waals surface area (Å²) in [7, 11) is 0. The van der Waals surface area contributed by atoms with Gasteiger partial charge in [-0.15, -0.1) is 0 Å². The average Bonchev–Trinajstić information content (AvgIpc) is 3.01. The third kappa shape index (κ3) is 4.22. The molecule has 7 nitrogen and oxygen atoms in total. The van der Waals surface area contributed by atoms with Gasteiger partial charge in [-0.25, -0.2) is 9.97 Å². The van der Waals surface area contributed by atoms with E-state index in [0.29, 0.717) is 18.5 Å². The van der Waals surface area contributed by atoms with Crippen LogP contribution in [0.25, 0.3) is 0 Å². The van der Waals surface area contributed by atoms with Crippen molar-refractivity contribution in [2.75, 3.05) is 18.5 Å². The van der Waals surface area contributed by atoms with Crippen LogP contribution in [0.15, 0.2) is 6.20 Å². The van der Waals surface area contributed by atoms with Crippen LogP contribution < -0.4 is 5.32 Å². The first kappa shape index (κ1) is 21.1. The molecule has 2 unspecified atom stereocenters. The molecule has 0 saturated carbocycles. The molecule has 1 amide bonds. The van der Waals surface area contributed by atoms with Gasteiger partial charge in [-0.3, -0.25) is 4.79 Å². The summed E-state index contributed by atoms with van der Waals surface area (Å²) in [6.45, 7) is 11.5. The molecule has 0 radical (unpaired) electrons. The minimum Gasteiger partial charge on any atom is -0.381 e. The number of nitrogens with one attached hydrogen (secondary N) is 1. The summed E-state index contributed by atoms with van der Waals surface area (Å²) in [4.78, 5) is 23.4. The highest BCUT2D eigenvalue weighted by Gasteiger charge is 2.46. The quantitative estimate of drug-likeness (QED) is 0.871. The SMILES string of the molecule is CC.CCC(C)C(=O)N1Cc2nc(NC3CCOCC3)ncc2C1(C)C#N. The van der Waals surface area contributed by atoms with Crippen molar-refractivity contribution in [1.82, 2.24) is 14.9 Å². The van der Waals surface area contributed by atoms with E-state index in [0.717, 1.165) is 43.7 Å². The Balaban J connectivity index is 0.00000126. The van der Waals surface area contributed by atoms with E-state index < -0.39 is 5.54 Å². The number of nitrogens with zero attached hydrogens (tertiary/aromatic N) is 4. The van der Waals surface area contributed by atoms with Gasteiger partial charge in [-0.2, -0.15) is 5.26 Å². The van der Waals surface area contributed by atoms with Gasteiger partial charge in [-0.1, -0.05) is 27.7 Å². The second-order valence-electron chi connectivity index (χ2n) is 7.00. The molecule has 148 valence electrons. The Bertz CT molecular complexity index is 696. The van der Waals surface area contributed by atoms with Crippen LogP contribution in [0.2, 0.25) is 0 Å². The first-order chi connectivity index (χ1) is 13.0. The van der Waals surface area contributed by atoms with Gasteiger partial charge in [0.1, 0.15) is 0 Å². The molecule has 7 heteroatoms. The molecule has 0 spiro atoms. The Kier molecular flexibility index (Phi) is 7.14. The van der Waals surface area contributed by atoms with Crippen molar-refractivity contribution in [3.63, 3.8) is 0 Å². The minimum atomic E-state index is -1.01. The Hall–Kier alpha value is -2.20. The van der Waals surface area contributed by atoms with E-state index >= 15 is 0 Å². The van der Waals surface area contributed by atoms with Crippen molar-refractivity contribution in [3.8, 4) is 6.07 Å². The number of hydrogen-bond acceptors (Lipinski definition) is 6. The van der Waals surface area contributed by atoms with Gasteiger partial charge in [0.15, 0.2) is 5.54 Å². The third-order valence-electron chi connectivity index (χ3n) is 5.31. The van der Waals surface area contributed by atoms with Gasteiger partial charge < -0.3 is 15.0 Å². The standard InChI is InChI=1S/C18H25N5O2.C2H6/c1-4-12(2)16(24)23-10-15-14(18(23,3)11-19)9-20-17(22-15)21-13-5-7-25-8-6-13;1-2/h9,12-13H,4-8,10H2,1-3H3,(H,20,21,22);1-2H3. The molecule has 1 aromatic rings. The molecule has 2 aliphatic heterocycles. The van der Waals surface area contributed by atoms with Crippen molar-refractivity contribution in [2.45, 2.75) is 72.0 Å². The van der Waals surface area contributed by atoms with Crippen LogP contribution >= 0.6 is 0 Å². The lowest BCUT2D eigenvalue weighted by Crippen LogP contribution is -2.43. The Morgan fingerprint density at radius 1 is 1.48 bits per heavy atom. The zero-order valence-corrected chi connectivity index (χ0v) is 17.1. The number of rotatable bonds is 4. The second kappa shape index (κ2) is 9.14. The molecular formula is C20H31N5O2.